The van der Waals surface area contributed by atoms with Crippen molar-refractivity contribution in [2.45, 2.75) is 19.4 Å². The average molecular weight is 337 g/mol. The van der Waals surface area contributed by atoms with Gasteiger partial charge in [0.15, 0.2) is 0 Å². The zero-order valence-electron chi connectivity index (χ0n) is 13.9. The fourth-order valence-electron chi connectivity index (χ4n) is 2.46. The van der Waals surface area contributed by atoms with Gasteiger partial charge in [-0.25, -0.2) is 4.79 Å². The number of hydrogen-bond acceptors (Lipinski definition) is 4. The molecular weight excluding hydrogens is 318 g/mol. The van der Waals surface area contributed by atoms with Crippen LogP contribution >= 0.6 is 0 Å². The Labute approximate surface area is 144 Å². The van der Waals surface area contributed by atoms with Gasteiger partial charge in [0, 0.05) is 6.54 Å². The maximum atomic E-state index is 12.3. The summed E-state index contributed by atoms with van der Waals surface area (Å²) in [5.41, 5.74) is 1.31. The predicted octanol–water partition coefficient (Wildman–Crippen LogP) is 1.35. The number of carbonyl (C=O) groups excluding carboxylic acids is 1. The summed E-state index contributed by atoms with van der Waals surface area (Å²) in [6.07, 6.45) is 0. The highest BCUT2D eigenvalue weighted by atomic mass is 16.2. The number of carbonyl (C=O) groups is 1. The third kappa shape index (κ3) is 4.00. The van der Waals surface area contributed by atoms with Gasteiger partial charge in [-0.15, -0.1) is 0 Å². The van der Waals surface area contributed by atoms with Gasteiger partial charge in [0.25, 0.3) is 0 Å². The molecule has 0 aliphatic rings. The Balaban J connectivity index is 1.60. The maximum Gasteiger partial charge on any atom is 0.368 e. The molecule has 0 bridgehead atoms. The summed E-state index contributed by atoms with van der Waals surface area (Å²) < 4.78 is 2.22. The summed E-state index contributed by atoms with van der Waals surface area (Å²) >= 11 is 0. The molecule has 0 saturated carbocycles. The van der Waals surface area contributed by atoms with Crippen molar-refractivity contribution in [2.75, 3.05) is 6.54 Å². The molecule has 0 fully saturated rings. The minimum absolute atomic E-state index is 0.160. The van der Waals surface area contributed by atoms with Crippen molar-refractivity contribution in [1.29, 1.82) is 0 Å². The monoisotopic (exact) mass is 337 g/mol. The number of para-hydroxylation sites is 1. The first-order chi connectivity index (χ1) is 12.1. The van der Waals surface area contributed by atoms with Crippen molar-refractivity contribution >= 4 is 5.91 Å². The molecule has 0 aliphatic heterocycles. The Bertz CT molecular complexity index is 887. The number of nitrogens with zero attached hydrogens (tertiary/aromatic N) is 4. The second-order valence-corrected chi connectivity index (χ2v) is 5.78. The van der Waals surface area contributed by atoms with Crippen LogP contribution in [0.1, 0.15) is 18.4 Å². The normalized spacial score (nSPS) is 11.9. The van der Waals surface area contributed by atoms with E-state index in [4.69, 9.17) is 0 Å². The van der Waals surface area contributed by atoms with Crippen LogP contribution in [0, 0.1) is 0 Å². The van der Waals surface area contributed by atoms with E-state index in [2.05, 4.69) is 15.7 Å². The smallest absolute Gasteiger partial charge is 0.354 e. The quantitative estimate of drug-likeness (QED) is 0.736. The topological polar surface area (TPSA) is 81.8 Å². The van der Waals surface area contributed by atoms with Crippen molar-refractivity contribution in [1.82, 2.24) is 25.1 Å². The maximum absolute atomic E-state index is 12.3. The fourth-order valence-corrected chi connectivity index (χ4v) is 2.46. The van der Waals surface area contributed by atoms with Gasteiger partial charge in [-0.1, -0.05) is 55.5 Å². The molecule has 7 nitrogen and oxygen atoms in total. The number of hydrogen-bond donors (Lipinski definition) is 1. The Morgan fingerprint density at radius 2 is 1.68 bits per heavy atom. The first-order valence-electron chi connectivity index (χ1n) is 8.05. The second-order valence-electron chi connectivity index (χ2n) is 5.78. The number of rotatable bonds is 6. The number of nitrogens with one attached hydrogen (secondary N) is 1. The standard InChI is InChI=1S/C18H19N5O2/c1-14(15-8-4-2-5-9-15)12-19-17(24)13-22-18(25)23(21-20-22)16-10-6-3-7-11-16/h2-11,14H,12-13H2,1H3,(H,19,24). The summed E-state index contributed by atoms with van der Waals surface area (Å²) in [5, 5.41) is 10.4. The minimum Gasteiger partial charge on any atom is -0.354 e. The van der Waals surface area contributed by atoms with Gasteiger partial charge in [0.1, 0.15) is 6.54 Å². The van der Waals surface area contributed by atoms with Crippen LogP contribution in [0.2, 0.25) is 0 Å². The molecule has 7 heteroatoms. The molecule has 1 N–H and O–H groups in total. The summed E-state index contributed by atoms with van der Waals surface area (Å²) in [6, 6.07) is 18.9. The van der Waals surface area contributed by atoms with Crippen molar-refractivity contribution < 1.29 is 4.79 Å². The lowest BCUT2D eigenvalue weighted by Crippen LogP contribution is -2.35. The lowest BCUT2D eigenvalue weighted by atomic mass is 10.0. The number of tetrazole rings is 1. The number of amides is 1. The molecule has 1 heterocycles. The van der Waals surface area contributed by atoms with E-state index >= 15 is 0 Å². The molecule has 0 radical (unpaired) electrons. The van der Waals surface area contributed by atoms with Crippen LogP contribution in [0.5, 0.6) is 0 Å². The molecule has 3 rings (SSSR count). The van der Waals surface area contributed by atoms with Crippen LogP contribution in [0.4, 0.5) is 0 Å². The summed E-state index contributed by atoms with van der Waals surface area (Å²) in [6.45, 7) is 2.37. The molecule has 0 aliphatic carbocycles. The van der Waals surface area contributed by atoms with Crippen LogP contribution in [0.15, 0.2) is 65.5 Å². The van der Waals surface area contributed by atoms with Gasteiger partial charge in [-0.05, 0) is 34.0 Å². The molecule has 25 heavy (non-hydrogen) atoms. The van der Waals surface area contributed by atoms with E-state index in [0.29, 0.717) is 12.2 Å². The molecule has 1 atom stereocenters. The largest absolute Gasteiger partial charge is 0.368 e. The first-order valence-corrected chi connectivity index (χ1v) is 8.05. The molecule has 2 aromatic carbocycles. The summed E-state index contributed by atoms with van der Waals surface area (Å²) in [4.78, 5) is 24.4. The second kappa shape index (κ2) is 7.57. The highest BCUT2D eigenvalue weighted by Crippen LogP contribution is 2.12. The van der Waals surface area contributed by atoms with Crippen LogP contribution < -0.4 is 11.0 Å². The van der Waals surface area contributed by atoms with Crippen LogP contribution in [-0.4, -0.2) is 32.2 Å². The Hall–Kier alpha value is -3.22. The van der Waals surface area contributed by atoms with Crippen LogP contribution in [0.3, 0.4) is 0 Å². The minimum atomic E-state index is -0.447. The Kier molecular flexibility index (Phi) is 5.03. The van der Waals surface area contributed by atoms with Gasteiger partial charge in [-0.2, -0.15) is 9.36 Å². The molecule has 0 saturated heterocycles. The Morgan fingerprint density at radius 1 is 1.04 bits per heavy atom. The van der Waals surface area contributed by atoms with Crippen molar-refractivity contribution in [3.05, 3.63) is 76.7 Å². The molecule has 1 amide bonds. The van der Waals surface area contributed by atoms with E-state index < -0.39 is 5.69 Å². The third-order valence-electron chi connectivity index (χ3n) is 3.91. The van der Waals surface area contributed by atoms with Crippen LogP contribution in [-0.2, 0) is 11.3 Å². The lowest BCUT2D eigenvalue weighted by Gasteiger charge is -2.12. The predicted molar refractivity (Wildman–Crippen MR) is 93.5 cm³/mol. The van der Waals surface area contributed by atoms with E-state index in [9.17, 15) is 9.59 Å². The summed E-state index contributed by atoms with van der Waals surface area (Å²) in [7, 11) is 0. The van der Waals surface area contributed by atoms with Crippen LogP contribution in [0.25, 0.3) is 5.69 Å². The lowest BCUT2D eigenvalue weighted by molar-refractivity contribution is -0.122. The number of benzene rings is 2. The van der Waals surface area contributed by atoms with E-state index in [1.54, 1.807) is 24.3 Å². The highest BCUT2D eigenvalue weighted by Gasteiger charge is 2.13. The highest BCUT2D eigenvalue weighted by molar-refractivity contribution is 5.75. The number of aromatic nitrogens is 4. The van der Waals surface area contributed by atoms with E-state index in [-0.39, 0.29) is 18.4 Å². The van der Waals surface area contributed by atoms with Gasteiger partial charge in [0.05, 0.1) is 5.69 Å². The van der Waals surface area contributed by atoms with Crippen molar-refractivity contribution in [3.63, 3.8) is 0 Å². The first kappa shape index (κ1) is 16.6. The fraction of sp³-hybridized carbons (Fsp3) is 0.222. The molecule has 1 unspecified atom stereocenters. The molecule has 128 valence electrons. The zero-order chi connectivity index (χ0) is 17.6. The van der Waals surface area contributed by atoms with Gasteiger partial charge in [0.2, 0.25) is 5.91 Å². The van der Waals surface area contributed by atoms with Crippen molar-refractivity contribution in [3.8, 4) is 5.69 Å². The molecule has 1 aromatic heterocycles. The third-order valence-corrected chi connectivity index (χ3v) is 3.91. The zero-order valence-corrected chi connectivity index (χ0v) is 13.9. The van der Waals surface area contributed by atoms with E-state index in [1.165, 1.54) is 4.68 Å². The van der Waals surface area contributed by atoms with Gasteiger partial charge < -0.3 is 5.32 Å². The van der Waals surface area contributed by atoms with Gasteiger partial charge >= 0.3 is 5.69 Å². The van der Waals surface area contributed by atoms with E-state index in [1.807, 2.05) is 43.3 Å². The SMILES string of the molecule is CC(CNC(=O)Cn1nnn(-c2ccccc2)c1=O)c1ccccc1. The van der Waals surface area contributed by atoms with E-state index in [0.717, 1.165) is 10.2 Å². The Morgan fingerprint density at radius 3 is 2.36 bits per heavy atom. The molecule has 3 aromatic rings. The van der Waals surface area contributed by atoms with Crippen molar-refractivity contribution in [2.24, 2.45) is 0 Å². The van der Waals surface area contributed by atoms with Gasteiger partial charge in [-0.3, -0.25) is 4.79 Å². The average Bonchev–Trinajstić information content (AvgIpc) is 3.01. The summed E-state index contributed by atoms with van der Waals surface area (Å²) in [5.74, 6) is -0.0909. The molecular formula is C18H19N5O2. The molecule has 0 spiro atoms.